The number of amides is 1. The number of hydrogen-bond donors (Lipinski definition) is 0. The maximum atomic E-state index is 13.0. The largest absolute Gasteiger partial charge is 0.332 e. The standard InChI is InChI=1S/C19H21FN2O/c1-14-5-11-17(12-8-15-6-9-16(20)10-7-15)22(14)19(23)18-4-2-3-13-21-18/h2-4,6-7,9-10,13-14,17H,5,8,11-12H2,1H3/t14-,17-/m1/s1. The summed E-state index contributed by atoms with van der Waals surface area (Å²) in [6.07, 6.45) is 5.44. The predicted molar refractivity (Wildman–Crippen MR) is 87.6 cm³/mol. The highest BCUT2D eigenvalue weighted by molar-refractivity contribution is 5.92. The molecular weight excluding hydrogens is 291 g/mol. The van der Waals surface area contributed by atoms with Gasteiger partial charge in [0.05, 0.1) is 0 Å². The molecule has 2 heterocycles. The molecule has 2 atom stereocenters. The molecule has 0 aliphatic carbocycles. The molecule has 0 saturated carbocycles. The number of hydrogen-bond acceptors (Lipinski definition) is 2. The SMILES string of the molecule is C[C@@H]1CC[C@H](CCc2ccc(F)cc2)N1C(=O)c1ccccn1. The number of pyridine rings is 1. The molecule has 1 aliphatic rings. The van der Waals surface area contributed by atoms with E-state index in [1.165, 1.54) is 12.1 Å². The van der Waals surface area contributed by atoms with Crippen LogP contribution in [0.2, 0.25) is 0 Å². The summed E-state index contributed by atoms with van der Waals surface area (Å²) in [5.41, 5.74) is 1.62. The molecule has 1 amide bonds. The lowest BCUT2D eigenvalue weighted by atomic mass is 10.0. The molecule has 3 rings (SSSR count). The highest BCUT2D eigenvalue weighted by atomic mass is 19.1. The Labute approximate surface area is 136 Å². The van der Waals surface area contributed by atoms with Crippen molar-refractivity contribution in [1.82, 2.24) is 9.88 Å². The highest BCUT2D eigenvalue weighted by Gasteiger charge is 2.34. The van der Waals surface area contributed by atoms with Crippen LogP contribution in [0.15, 0.2) is 48.7 Å². The van der Waals surface area contributed by atoms with E-state index in [1.54, 1.807) is 12.3 Å². The second-order valence-corrected chi connectivity index (χ2v) is 6.17. The van der Waals surface area contributed by atoms with Gasteiger partial charge >= 0.3 is 0 Å². The highest BCUT2D eigenvalue weighted by Crippen LogP contribution is 2.28. The first-order chi connectivity index (χ1) is 11.1. The number of nitrogens with zero attached hydrogens (tertiary/aromatic N) is 2. The summed E-state index contributed by atoms with van der Waals surface area (Å²) in [4.78, 5) is 18.9. The number of carbonyl (C=O) groups excluding carboxylic acids is 1. The first-order valence-corrected chi connectivity index (χ1v) is 8.13. The maximum absolute atomic E-state index is 13.0. The molecule has 4 heteroatoms. The van der Waals surface area contributed by atoms with E-state index in [0.29, 0.717) is 5.69 Å². The van der Waals surface area contributed by atoms with E-state index in [0.717, 1.165) is 31.2 Å². The molecule has 3 nitrogen and oxygen atoms in total. The summed E-state index contributed by atoms with van der Waals surface area (Å²) in [7, 11) is 0. The number of likely N-dealkylation sites (tertiary alicyclic amines) is 1. The second kappa shape index (κ2) is 6.90. The molecule has 1 aromatic heterocycles. The molecule has 1 saturated heterocycles. The summed E-state index contributed by atoms with van der Waals surface area (Å²) < 4.78 is 13.0. The van der Waals surface area contributed by atoms with Gasteiger partial charge in [-0.1, -0.05) is 18.2 Å². The van der Waals surface area contributed by atoms with Crippen LogP contribution in [0.1, 0.15) is 42.2 Å². The van der Waals surface area contributed by atoms with E-state index >= 15 is 0 Å². The minimum absolute atomic E-state index is 0.0136. The maximum Gasteiger partial charge on any atom is 0.272 e. The Bertz CT molecular complexity index is 657. The molecule has 120 valence electrons. The zero-order valence-electron chi connectivity index (χ0n) is 13.3. The van der Waals surface area contributed by atoms with Gasteiger partial charge in [0.1, 0.15) is 11.5 Å². The van der Waals surface area contributed by atoms with Crippen LogP contribution in [0.4, 0.5) is 4.39 Å². The molecule has 1 aromatic carbocycles. The molecule has 1 aliphatic heterocycles. The summed E-state index contributed by atoms with van der Waals surface area (Å²) in [6.45, 7) is 2.10. The number of carbonyl (C=O) groups is 1. The lowest BCUT2D eigenvalue weighted by molar-refractivity contribution is 0.0666. The topological polar surface area (TPSA) is 33.2 Å². The molecule has 0 N–H and O–H groups in total. The van der Waals surface area contributed by atoms with Crippen LogP contribution in [0.25, 0.3) is 0 Å². The van der Waals surface area contributed by atoms with Crippen LogP contribution >= 0.6 is 0 Å². The Hall–Kier alpha value is -2.23. The third-order valence-corrected chi connectivity index (χ3v) is 4.58. The van der Waals surface area contributed by atoms with Crippen molar-refractivity contribution in [2.45, 2.75) is 44.7 Å². The zero-order valence-corrected chi connectivity index (χ0v) is 13.3. The number of benzene rings is 1. The van der Waals surface area contributed by atoms with Gasteiger partial charge in [-0.2, -0.15) is 0 Å². The van der Waals surface area contributed by atoms with Crippen LogP contribution in [0, 0.1) is 5.82 Å². The van der Waals surface area contributed by atoms with Crippen LogP contribution in [-0.2, 0) is 6.42 Å². The summed E-state index contributed by atoms with van der Waals surface area (Å²) in [6, 6.07) is 12.5. The van der Waals surface area contributed by atoms with Crippen molar-refractivity contribution >= 4 is 5.91 Å². The van der Waals surface area contributed by atoms with Gasteiger partial charge in [0.15, 0.2) is 0 Å². The van der Waals surface area contributed by atoms with Gasteiger partial charge in [-0.15, -0.1) is 0 Å². The number of halogens is 1. The van der Waals surface area contributed by atoms with Crippen molar-refractivity contribution < 1.29 is 9.18 Å². The molecule has 0 radical (unpaired) electrons. The van der Waals surface area contributed by atoms with Crippen molar-refractivity contribution in [3.8, 4) is 0 Å². The van der Waals surface area contributed by atoms with E-state index in [-0.39, 0.29) is 23.8 Å². The molecule has 0 spiro atoms. The van der Waals surface area contributed by atoms with Crippen LogP contribution in [-0.4, -0.2) is 27.9 Å². The number of aryl methyl sites for hydroxylation is 1. The zero-order chi connectivity index (χ0) is 16.2. The van der Waals surface area contributed by atoms with Crippen LogP contribution < -0.4 is 0 Å². The molecule has 1 fully saturated rings. The average molecular weight is 312 g/mol. The van der Waals surface area contributed by atoms with Crippen molar-refractivity contribution in [3.05, 3.63) is 65.7 Å². The quantitative estimate of drug-likeness (QED) is 0.859. The lowest BCUT2D eigenvalue weighted by Gasteiger charge is -2.28. The minimum atomic E-state index is -0.213. The third-order valence-electron chi connectivity index (χ3n) is 4.58. The van der Waals surface area contributed by atoms with Gasteiger partial charge in [0.25, 0.3) is 5.91 Å². The van der Waals surface area contributed by atoms with Gasteiger partial charge in [0, 0.05) is 18.3 Å². The van der Waals surface area contributed by atoms with Crippen molar-refractivity contribution in [2.24, 2.45) is 0 Å². The molecule has 23 heavy (non-hydrogen) atoms. The second-order valence-electron chi connectivity index (χ2n) is 6.17. The van der Waals surface area contributed by atoms with Crippen molar-refractivity contribution in [1.29, 1.82) is 0 Å². The monoisotopic (exact) mass is 312 g/mol. The van der Waals surface area contributed by atoms with Gasteiger partial charge in [-0.05, 0) is 62.4 Å². The fraction of sp³-hybridized carbons (Fsp3) is 0.368. The summed E-state index contributed by atoms with van der Waals surface area (Å²) in [5, 5.41) is 0. The van der Waals surface area contributed by atoms with E-state index in [4.69, 9.17) is 0 Å². The Morgan fingerprint density at radius 1 is 1.22 bits per heavy atom. The Morgan fingerprint density at radius 3 is 2.70 bits per heavy atom. The van der Waals surface area contributed by atoms with Crippen LogP contribution in [0.3, 0.4) is 0 Å². The normalized spacial score (nSPS) is 20.7. The van der Waals surface area contributed by atoms with E-state index in [9.17, 15) is 9.18 Å². The number of rotatable bonds is 4. The smallest absolute Gasteiger partial charge is 0.272 e. The summed E-state index contributed by atoms with van der Waals surface area (Å²) >= 11 is 0. The van der Waals surface area contributed by atoms with Gasteiger partial charge in [-0.25, -0.2) is 4.39 Å². The van der Waals surface area contributed by atoms with Crippen molar-refractivity contribution in [3.63, 3.8) is 0 Å². The van der Waals surface area contributed by atoms with E-state index in [2.05, 4.69) is 11.9 Å². The first kappa shape index (κ1) is 15.7. The number of aromatic nitrogens is 1. The lowest BCUT2D eigenvalue weighted by Crippen LogP contribution is -2.40. The fourth-order valence-corrected chi connectivity index (χ4v) is 3.33. The molecule has 2 aromatic rings. The fourth-order valence-electron chi connectivity index (χ4n) is 3.33. The van der Waals surface area contributed by atoms with Crippen molar-refractivity contribution in [2.75, 3.05) is 0 Å². The average Bonchev–Trinajstić information content (AvgIpc) is 2.95. The summed E-state index contributed by atoms with van der Waals surface area (Å²) in [5.74, 6) is -0.199. The van der Waals surface area contributed by atoms with E-state index in [1.807, 2.05) is 29.2 Å². The molecular formula is C19H21FN2O. The van der Waals surface area contributed by atoms with Gasteiger partial charge in [-0.3, -0.25) is 9.78 Å². The van der Waals surface area contributed by atoms with Gasteiger partial charge < -0.3 is 4.90 Å². The predicted octanol–water partition coefficient (Wildman–Crippen LogP) is 3.85. The molecule has 0 unspecified atom stereocenters. The Kier molecular flexibility index (Phi) is 4.70. The Balaban J connectivity index is 1.68. The third kappa shape index (κ3) is 3.58. The minimum Gasteiger partial charge on any atom is -0.332 e. The molecule has 0 bridgehead atoms. The first-order valence-electron chi connectivity index (χ1n) is 8.13. The van der Waals surface area contributed by atoms with Crippen LogP contribution in [0.5, 0.6) is 0 Å². The Morgan fingerprint density at radius 2 is 2.00 bits per heavy atom. The van der Waals surface area contributed by atoms with E-state index < -0.39 is 0 Å². The van der Waals surface area contributed by atoms with Gasteiger partial charge in [0.2, 0.25) is 0 Å².